The van der Waals surface area contributed by atoms with Crippen molar-refractivity contribution in [1.82, 2.24) is 4.90 Å². The molecule has 4 fully saturated rings. The third-order valence-corrected chi connectivity index (χ3v) is 4.97. The molecule has 2 atom stereocenters. The van der Waals surface area contributed by atoms with E-state index in [1.54, 1.807) is 4.90 Å². The van der Waals surface area contributed by atoms with Crippen LogP contribution in [0.25, 0.3) is 0 Å². The molecule has 0 heterocycles. The van der Waals surface area contributed by atoms with Gasteiger partial charge in [0.2, 0.25) is 5.91 Å². The van der Waals surface area contributed by atoms with Crippen LogP contribution < -0.4 is 5.73 Å². The zero-order valence-corrected chi connectivity index (χ0v) is 10.3. The average molecular weight is 222 g/mol. The minimum absolute atomic E-state index is 0.0181. The second-order valence-corrected chi connectivity index (χ2v) is 6.80. The molecule has 4 rings (SSSR count). The monoisotopic (exact) mass is 222 g/mol. The fourth-order valence-corrected chi connectivity index (χ4v) is 5.06. The zero-order valence-electron chi connectivity index (χ0n) is 10.3. The summed E-state index contributed by atoms with van der Waals surface area (Å²) in [5.41, 5.74) is 6.36. The first-order valence-electron chi connectivity index (χ1n) is 6.43. The summed E-state index contributed by atoms with van der Waals surface area (Å²) in [5.74, 6) is 1.77. The Hall–Kier alpha value is -0.570. The minimum atomic E-state index is -0.0949. The highest BCUT2D eigenvalue weighted by atomic mass is 16.2. The van der Waals surface area contributed by atoms with Crippen LogP contribution in [-0.4, -0.2) is 30.4 Å². The van der Waals surface area contributed by atoms with E-state index in [2.05, 4.69) is 0 Å². The quantitative estimate of drug-likeness (QED) is 0.728. The smallest absolute Gasteiger partial charge is 0.228 e. The van der Waals surface area contributed by atoms with Crippen LogP contribution in [0.2, 0.25) is 0 Å². The van der Waals surface area contributed by atoms with Gasteiger partial charge in [0, 0.05) is 19.6 Å². The van der Waals surface area contributed by atoms with Crippen LogP contribution in [0, 0.1) is 17.3 Å². The van der Waals surface area contributed by atoms with Crippen molar-refractivity contribution in [1.29, 1.82) is 0 Å². The van der Waals surface area contributed by atoms with Crippen molar-refractivity contribution < 1.29 is 4.79 Å². The fraction of sp³-hybridized carbons (Fsp3) is 0.923. The largest absolute Gasteiger partial charge is 0.348 e. The number of hydrogen-bond donors (Lipinski definition) is 1. The van der Waals surface area contributed by atoms with Gasteiger partial charge in [0.15, 0.2) is 0 Å². The number of rotatable bonds is 1. The molecule has 3 nitrogen and oxygen atoms in total. The molecule has 1 amide bonds. The Morgan fingerprint density at radius 1 is 1.19 bits per heavy atom. The van der Waals surface area contributed by atoms with Gasteiger partial charge in [-0.1, -0.05) is 0 Å². The van der Waals surface area contributed by atoms with Crippen molar-refractivity contribution in [2.75, 3.05) is 14.1 Å². The summed E-state index contributed by atoms with van der Waals surface area (Å²) >= 11 is 0. The highest BCUT2D eigenvalue weighted by Crippen LogP contribution is 2.61. The van der Waals surface area contributed by atoms with Crippen molar-refractivity contribution in [3.63, 3.8) is 0 Å². The Kier molecular flexibility index (Phi) is 1.99. The van der Waals surface area contributed by atoms with Crippen molar-refractivity contribution in [3.05, 3.63) is 0 Å². The molecule has 0 saturated heterocycles. The molecular formula is C13H22N2O. The maximum atomic E-state index is 12.4. The van der Waals surface area contributed by atoms with E-state index in [0.717, 1.165) is 43.9 Å². The Balaban J connectivity index is 1.95. The summed E-state index contributed by atoms with van der Waals surface area (Å²) in [6.45, 7) is 0. The Bertz CT molecular complexity index is 323. The highest BCUT2D eigenvalue weighted by molar-refractivity contribution is 5.83. The lowest BCUT2D eigenvalue weighted by atomic mass is 9.47. The Labute approximate surface area is 97.4 Å². The molecule has 2 N–H and O–H groups in total. The van der Waals surface area contributed by atoms with E-state index in [-0.39, 0.29) is 11.0 Å². The average Bonchev–Trinajstić information content (AvgIpc) is 2.12. The van der Waals surface area contributed by atoms with Gasteiger partial charge >= 0.3 is 0 Å². The van der Waals surface area contributed by atoms with Crippen LogP contribution in [0.5, 0.6) is 0 Å². The molecule has 3 heteroatoms. The molecule has 4 saturated carbocycles. The van der Waals surface area contributed by atoms with E-state index in [1.807, 2.05) is 14.1 Å². The van der Waals surface area contributed by atoms with Crippen LogP contribution in [0.1, 0.15) is 38.5 Å². The van der Waals surface area contributed by atoms with Gasteiger partial charge in [0.25, 0.3) is 0 Å². The summed E-state index contributed by atoms with van der Waals surface area (Å²) < 4.78 is 0. The molecule has 90 valence electrons. The molecule has 4 aliphatic rings. The topological polar surface area (TPSA) is 46.3 Å². The maximum absolute atomic E-state index is 12.4. The van der Waals surface area contributed by atoms with Gasteiger partial charge in [0.05, 0.1) is 5.41 Å². The van der Waals surface area contributed by atoms with Gasteiger partial charge in [-0.05, 0) is 50.4 Å². The van der Waals surface area contributed by atoms with Crippen LogP contribution in [0.3, 0.4) is 0 Å². The predicted octanol–water partition coefficient (Wildman–Crippen LogP) is 1.37. The molecule has 4 bridgehead atoms. The second kappa shape index (κ2) is 3.00. The molecule has 0 aromatic heterocycles. The van der Waals surface area contributed by atoms with Crippen LogP contribution in [0.4, 0.5) is 0 Å². The highest BCUT2D eigenvalue weighted by Gasteiger charge is 2.59. The van der Waals surface area contributed by atoms with E-state index >= 15 is 0 Å². The Morgan fingerprint density at radius 2 is 1.75 bits per heavy atom. The fourth-order valence-electron chi connectivity index (χ4n) is 5.06. The molecule has 0 aliphatic heterocycles. The molecular weight excluding hydrogens is 200 g/mol. The lowest BCUT2D eigenvalue weighted by molar-refractivity contribution is -0.156. The first-order valence-corrected chi connectivity index (χ1v) is 6.43. The van der Waals surface area contributed by atoms with Crippen molar-refractivity contribution in [2.24, 2.45) is 23.0 Å². The van der Waals surface area contributed by atoms with Crippen LogP contribution in [0.15, 0.2) is 0 Å². The molecule has 0 aromatic rings. The number of amides is 1. The van der Waals surface area contributed by atoms with Gasteiger partial charge in [-0.25, -0.2) is 0 Å². The maximum Gasteiger partial charge on any atom is 0.228 e. The predicted molar refractivity (Wildman–Crippen MR) is 62.7 cm³/mol. The molecule has 0 radical (unpaired) electrons. The van der Waals surface area contributed by atoms with Crippen LogP contribution in [-0.2, 0) is 4.79 Å². The summed E-state index contributed by atoms with van der Waals surface area (Å²) in [7, 11) is 3.76. The summed E-state index contributed by atoms with van der Waals surface area (Å²) in [6, 6.07) is 0. The SMILES string of the molecule is CN(C)C(=O)C12CC3CC(CC(N)(C3)C1)C2. The van der Waals surface area contributed by atoms with Gasteiger partial charge < -0.3 is 10.6 Å². The third-order valence-electron chi connectivity index (χ3n) is 4.97. The van der Waals surface area contributed by atoms with E-state index in [0.29, 0.717) is 5.91 Å². The lowest BCUT2D eigenvalue weighted by Gasteiger charge is -2.60. The van der Waals surface area contributed by atoms with E-state index < -0.39 is 0 Å². The van der Waals surface area contributed by atoms with Gasteiger partial charge in [-0.3, -0.25) is 4.79 Å². The molecule has 0 aromatic carbocycles. The summed E-state index contributed by atoms with van der Waals surface area (Å²) in [6.07, 6.45) is 6.77. The van der Waals surface area contributed by atoms with Crippen LogP contribution >= 0.6 is 0 Å². The lowest BCUT2D eigenvalue weighted by Crippen LogP contribution is -2.63. The standard InChI is InChI=1S/C13H22N2O/c1-15(2)11(16)12-4-9-3-10(5-12)7-13(14,6-9)8-12/h9-10H,3-8,14H2,1-2H3. The van der Waals surface area contributed by atoms with Gasteiger partial charge in [-0.2, -0.15) is 0 Å². The summed E-state index contributed by atoms with van der Waals surface area (Å²) in [4.78, 5) is 14.2. The van der Waals surface area contributed by atoms with E-state index in [9.17, 15) is 4.79 Å². The minimum Gasteiger partial charge on any atom is -0.348 e. The van der Waals surface area contributed by atoms with E-state index in [1.165, 1.54) is 6.42 Å². The first-order chi connectivity index (χ1) is 7.42. The number of nitrogens with zero attached hydrogens (tertiary/aromatic N) is 1. The van der Waals surface area contributed by atoms with Gasteiger partial charge in [-0.15, -0.1) is 0 Å². The van der Waals surface area contributed by atoms with Crippen molar-refractivity contribution >= 4 is 5.91 Å². The number of nitrogens with two attached hydrogens (primary N) is 1. The first kappa shape index (κ1) is 10.6. The molecule has 0 spiro atoms. The normalized spacial score (nSPS) is 49.4. The number of hydrogen-bond acceptors (Lipinski definition) is 2. The van der Waals surface area contributed by atoms with E-state index in [4.69, 9.17) is 5.73 Å². The molecule has 2 unspecified atom stereocenters. The van der Waals surface area contributed by atoms with Gasteiger partial charge in [0.1, 0.15) is 0 Å². The Morgan fingerprint density at radius 3 is 2.19 bits per heavy atom. The van der Waals surface area contributed by atoms with Crippen molar-refractivity contribution in [3.8, 4) is 0 Å². The molecule has 4 aliphatic carbocycles. The zero-order chi connectivity index (χ0) is 11.6. The number of carbonyl (C=O) groups is 1. The third kappa shape index (κ3) is 1.33. The molecule has 16 heavy (non-hydrogen) atoms. The number of carbonyl (C=O) groups excluding carboxylic acids is 1. The summed E-state index contributed by atoms with van der Waals surface area (Å²) in [5, 5.41) is 0. The second-order valence-electron chi connectivity index (χ2n) is 6.80. The van der Waals surface area contributed by atoms with Crippen molar-refractivity contribution in [2.45, 2.75) is 44.1 Å².